The van der Waals surface area contributed by atoms with Crippen LogP contribution in [0.5, 0.6) is 23.0 Å². The lowest BCUT2D eigenvalue weighted by Gasteiger charge is -2.33. The molecule has 342 valence electrons. The zero-order chi connectivity index (χ0) is 48.0. The summed E-state index contributed by atoms with van der Waals surface area (Å²) >= 11 is 0. The van der Waals surface area contributed by atoms with Crippen molar-refractivity contribution in [1.82, 2.24) is 0 Å². The second-order valence-corrected chi connectivity index (χ2v) is 20.8. The molecule has 2 heterocycles. The van der Waals surface area contributed by atoms with Crippen molar-refractivity contribution in [2.75, 3.05) is 9.80 Å². The van der Waals surface area contributed by atoms with Gasteiger partial charge in [0.15, 0.2) is 23.0 Å². The van der Waals surface area contributed by atoms with Crippen LogP contribution in [0.15, 0.2) is 218 Å². The Morgan fingerprint density at radius 2 is 0.625 bits per heavy atom. The maximum absolute atomic E-state index is 6.56. The maximum Gasteiger partial charge on any atom is 0.151 e. The smallest absolute Gasteiger partial charge is 0.151 e. The van der Waals surface area contributed by atoms with Gasteiger partial charge in [-0.2, -0.15) is 0 Å². The number of benzene rings is 11. The van der Waals surface area contributed by atoms with Crippen LogP contribution < -0.4 is 19.3 Å². The van der Waals surface area contributed by atoms with Gasteiger partial charge in [0.2, 0.25) is 0 Å². The quantitative estimate of drug-likeness (QED) is 0.164. The lowest BCUT2D eigenvalue weighted by atomic mass is 9.79. The minimum absolute atomic E-state index is 0.182. The van der Waals surface area contributed by atoms with Crippen LogP contribution in [-0.2, 0) is 10.8 Å². The summed E-state index contributed by atoms with van der Waals surface area (Å²) in [5.41, 5.74) is 21.3. The Balaban J connectivity index is 1.06. The molecule has 2 aliphatic carbocycles. The summed E-state index contributed by atoms with van der Waals surface area (Å²) < 4.78 is 13.1. The number of ether oxygens (including phenoxy) is 2. The number of para-hydroxylation sites is 8. The minimum atomic E-state index is -0.182. The van der Waals surface area contributed by atoms with Gasteiger partial charge in [-0.15, -0.1) is 0 Å². The van der Waals surface area contributed by atoms with Crippen LogP contribution in [0.2, 0.25) is 0 Å². The van der Waals surface area contributed by atoms with E-state index in [1.54, 1.807) is 0 Å². The Morgan fingerprint density at radius 1 is 0.292 bits per heavy atom. The van der Waals surface area contributed by atoms with Crippen LogP contribution in [0.25, 0.3) is 66.1 Å². The molecule has 0 bridgehead atoms. The average Bonchev–Trinajstić information content (AvgIpc) is 3.79. The first-order valence-electron chi connectivity index (χ1n) is 25.1. The first-order chi connectivity index (χ1) is 35.2. The van der Waals surface area contributed by atoms with E-state index in [0.717, 1.165) is 57.1 Å². The second-order valence-electron chi connectivity index (χ2n) is 20.8. The van der Waals surface area contributed by atoms with Gasteiger partial charge in [-0.05, 0) is 173 Å². The van der Waals surface area contributed by atoms with Crippen LogP contribution in [0, 0.1) is 0 Å². The highest BCUT2D eigenvalue weighted by Crippen LogP contribution is 2.57. The normalized spacial score (nSPS) is 14.8. The zero-order valence-corrected chi connectivity index (χ0v) is 40.5. The van der Waals surface area contributed by atoms with Gasteiger partial charge >= 0.3 is 0 Å². The SMILES string of the molecule is CC1(C)c2ccccc2-c2ccc(-c3c4ccc(N5c6ccccc6Oc6ccccc65)cc4c(-c4ccc5c(c4)C(C)(C)c4ccccc4-5)c4ccc(N5c6ccccc6Oc6ccccc65)cc34)cc21. The average molecular weight is 925 g/mol. The van der Waals surface area contributed by atoms with Crippen molar-refractivity contribution in [3.8, 4) is 67.5 Å². The molecule has 0 aromatic heterocycles. The van der Waals surface area contributed by atoms with Crippen LogP contribution in [0.4, 0.5) is 34.1 Å². The number of anilines is 6. The van der Waals surface area contributed by atoms with Crippen LogP contribution in [-0.4, -0.2) is 0 Å². The van der Waals surface area contributed by atoms with Gasteiger partial charge in [0.1, 0.15) is 0 Å². The molecule has 15 rings (SSSR count). The number of hydrogen-bond acceptors (Lipinski definition) is 4. The molecular weight excluding hydrogens is 877 g/mol. The van der Waals surface area contributed by atoms with Gasteiger partial charge < -0.3 is 19.3 Å². The van der Waals surface area contributed by atoms with Crippen molar-refractivity contribution in [3.63, 3.8) is 0 Å². The van der Waals surface area contributed by atoms with E-state index in [9.17, 15) is 0 Å². The number of fused-ring (bicyclic) bond motifs is 12. The number of rotatable bonds is 4. The molecule has 72 heavy (non-hydrogen) atoms. The molecule has 4 aliphatic rings. The van der Waals surface area contributed by atoms with Crippen LogP contribution in [0.1, 0.15) is 49.9 Å². The molecule has 4 nitrogen and oxygen atoms in total. The fourth-order valence-electron chi connectivity index (χ4n) is 12.8. The fourth-order valence-corrected chi connectivity index (χ4v) is 12.8. The fraction of sp³-hybridized carbons (Fsp3) is 0.0882. The van der Waals surface area contributed by atoms with Crippen LogP contribution in [0.3, 0.4) is 0 Å². The third-order valence-electron chi connectivity index (χ3n) is 16.2. The van der Waals surface area contributed by atoms with Crippen molar-refractivity contribution in [2.45, 2.75) is 38.5 Å². The summed E-state index contributed by atoms with van der Waals surface area (Å²) in [6, 6.07) is 80.1. The highest BCUT2D eigenvalue weighted by molar-refractivity contribution is 6.23. The summed E-state index contributed by atoms with van der Waals surface area (Å²) in [6.07, 6.45) is 0. The minimum Gasteiger partial charge on any atom is -0.453 e. The molecule has 11 aromatic carbocycles. The van der Waals surface area contributed by atoms with E-state index in [4.69, 9.17) is 9.47 Å². The summed E-state index contributed by atoms with van der Waals surface area (Å²) in [6.45, 7) is 9.52. The standard InChI is InChI=1S/C68H48N2O2/c1-67(2)53-19-7-5-17-45(53)47-33-29-41(37-55(47)67)65-49-35-31-44(70-59-23-11-15-27-63(59)72-64-28-16-12-24-60(64)70)40-52(49)66(42-30-34-48-46-18-6-8-20-54(46)68(3,4)56(48)38-42)50-36-32-43(39-51(50)65)69-57-21-9-13-25-61(57)71-62-26-14-10-22-58(62)69/h5-40H,1-4H3. The largest absolute Gasteiger partial charge is 0.453 e. The van der Waals surface area contributed by atoms with Crippen molar-refractivity contribution in [1.29, 1.82) is 0 Å². The highest BCUT2D eigenvalue weighted by atomic mass is 16.5. The van der Waals surface area contributed by atoms with E-state index in [1.165, 1.54) is 88.3 Å². The molecular formula is C68H48N2O2. The van der Waals surface area contributed by atoms with E-state index in [1.807, 2.05) is 24.3 Å². The Kier molecular flexibility index (Phi) is 8.44. The molecule has 0 amide bonds. The Morgan fingerprint density at radius 3 is 1.01 bits per heavy atom. The lowest BCUT2D eigenvalue weighted by Crippen LogP contribution is -2.16. The van der Waals surface area contributed by atoms with Gasteiger partial charge in [-0.3, -0.25) is 0 Å². The summed E-state index contributed by atoms with van der Waals surface area (Å²) in [4.78, 5) is 4.74. The predicted molar refractivity (Wildman–Crippen MR) is 297 cm³/mol. The molecule has 2 aliphatic heterocycles. The lowest BCUT2D eigenvalue weighted by molar-refractivity contribution is 0.477. The number of nitrogens with zero attached hydrogens (tertiary/aromatic N) is 2. The van der Waals surface area contributed by atoms with Crippen molar-refractivity contribution in [3.05, 3.63) is 241 Å². The molecule has 11 aromatic rings. The van der Waals surface area contributed by atoms with Crippen molar-refractivity contribution >= 4 is 55.7 Å². The molecule has 4 heteroatoms. The maximum atomic E-state index is 6.56. The third-order valence-corrected chi connectivity index (χ3v) is 16.2. The second kappa shape index (κ2) is 14.8. The predicted octanol–water partition coefficient (Wildman–Crippen LogP) is 19.1. The summed E-state index contributed by atoms with van der Waals surface area (Å²) in [5, 5.41) is 4.74. The highest BCUT2D eigenvalue weighted by Gasteiger charge is 2.38. The van der Waals surface area contributed by atoms with Crippen molar-refractivity contribution in [2.24, 2.45) is 0 Å². The van der Waals surface area contributed by atoms with Gasteiger partial charge in [-0.1, -0.05) is 161 Å². The summed E-state index contributed by atoms with van der Waals surface area (Å²) in [5.74, 6) is 3.32. The van der Waals surface area contributed by atoms with E-state index in [0.29, 0.717) is 0 Å². The van der Waals surface area contributed by atoms with E-state index in [2.05, 4.69) is 232 Å². The zero-order valence-electron chi connectivity index (χ0n) is 40.5. The molecule has 0 N–H and O–H groups in total. The Bertz CT molecular complexity index is 3780. The Labute approximate surface area is 419 Å². The molecule has 0 saturated carbocycles. The van der Waals surface area contributed by atoms with E-state index >= 15 is 0 Å². The molecule has 0 spiro atoms. The first-order valence-corrected chi connectivity index (χ1v) is 25.1. The number of hydrogen-bond donors (Lipinski definition) is 0. The van der Waals surface area contributed by atoms with Crippen LogP contribution >= 0.6 is 0 Å². The third kappa shape index (κ3) is 5.69. The van der Waals surface area contributed by atoms with E-state index < -0.39 is 0 Å². The van der Waals surface area contributed by atoms with E-state index in [-0.39, 0.29) is 10.8 Å². The van der Waals surface area contributed by atoms with Gasteiger partial charge in [0, 0.05) is 22.2 Å². The molecule has 0 unspecified atom stereocenters. The monoisotopic (exact) mass is 924 g/mol. The molecule has 0 fully saturated rings. The first kappa shape index (κ1) is 41.0. The van der Waals surface area contributed by atoms with Gasteiger partial charge in [0.25, 0.3) is 0 Å². The summed E-state index contributed by atoms with van der Waals surface area (Å²) in [7, 11) is 0. The topological polar surface area (TPSA) is 24.9 Å². The molecule has 0 saturated heterocycles. The Hall–Kier alpha value is -8.86. The van der Waals surface area contributed by atoms with Gasteiger partial charge in [0.05, 0.1) is 22.7 Å². The molecule has 0 atom stereocenters. The van der Waals surface area contributed by atoms with Gasteiger partial charge in [-0.25, -0.2) is 0 Å². The molecule has 0 radical (unpaired) electrons. The van der Waals surface area contributed by atoms with Crippen molar-refractivity contribution < 1.29 is 9.47 Å².